The Labute approximate surface area is 143 Å². The molecule has 0 atom stereocenters. The molecule has 0 saturated carbocycles. The Morgan fingerprint density at radius 1 is 1.22 bits per heavy atom. The monoisotopic (exact) mass is 329 g/mol. The highest BCUT2D eigenvalue weighted by Gasteiger charge is 2.16. The Balaban J connectivity index is 1.80. The van der Waals surface area contributed by atoms with Gasteiger partial charge < -0.3 is 5.32 Å². The lowest BCUT2D eigenvalue weighted by Crippen LogP contribution is -2.19. The summed E-state index contributed by atoms with van der Waals surface area (Å²) < 4.78 is 0. The van der Waals surface area contributed by atoms with Gasteiger partial charge in [0.05, 0.1) is 0 Å². The van der Waals surface area contributed by atoms with Crippen LogP contribution >= 0.6 is 11.6 Å². The van der Waals surface area contributed by atoms with E-state index in [1.165, 1.54) is 37.1 Å². The number of aromatic nitrogens is 1. The third kappa shape index (κ3) is 4.24. The summed E-state index contributed by atoms with van der Waals surface area (Å²) in [5.41, 5.74) is 3.68. The van der Waals surface area contributed by atoms with Crippen molar-refractivity contribution in [1.82, 2.24) is 9.88 Å². The number of likely N-dealkylation sites (tertiary alicyclic amines) is 1. The highest BCUT2D eigenvalue weighted by atomic mass is 35.5. The molecule has 1 fully saturated rings. The molecule has 122 valence electrons. The van der Waals surface area contributed by atoms with Crippen LogP contribution in [0.5, 0.6) is 0 Å². The van der Waals surface area contributed by atoms with Gasteiger partial charge in [0, 0.05) is 23.5 Å². The Hall–Kier alpha value is -1.58. The van der Waals surface area contributed by atoms with Crippen LogP contribution in [0.3, 0.4) is 0 Å². The molecule has 0 spiro atoms. The molecule has 1 aromatic heterocycles. The predicted octanol–water partition coefficient (Wildman–Crippen LogP) is 5.20. The Morgan fingerprint density at radius 3 is 2.70 bits per heavy atom. The van der Waals surface area contributed by atoms with Crippen molar-refractivity contribution in [3.8, 4) is 0 Å². The molecule has 1 aromatic carbocycles. The topological polar surface area (TPSA) is 28.2 Å². The summed E-state index contributed by atoms with van der Waals surface area (Å²) >= 11 is 6.05. The lowest BCUT2D eigenvalue weighted by atomic mass is 9.98. The van der Waals surface area contributed by atoms with Gasteiger partial charge in [0.1, 0.15) is 5.82 Å². The highest BCUT2D eigenvalue weighted by molar-refractivity contribution is 6.30. The normalized spacial score (nSPS) is 15.3. The molecular weight excluding hydrogens is 306 g/mol. The van der Waals surface area contributed by atoms with E-state index in [0.29, 0.717) is 5.92 Å². The van der Waals surface area contributed by atoms with E-state index < -0.39 is 0 Å². The van der Waals surface area contributed by atoms with Crippen LogP contribution in [0.1, 0.15) is 43.7 Å². The zero-order valence-electron chi connectivity index (χ0n) is 13.8. The number of hydrogen-bond acceptors (Lipinski definition) is 3. The first-order chi connectivity index (χ1) is 11.1. The lowest BCUT2D eigenvalue weighted by molar-refractivity contribution is 0.329. The smallest absolute Gasteiger partial charge is 0.130 e. The second-order valence-electron chi connectivity index (χ2n) is 6.54. The average Bonchev–Trinajstić information content (AvgIpc) is 3.01. The number of hydrogen-bond donors (Lipinski definition) is 1. The molecule has 1 aliphatic heterocycles. The fourth-order valence-electron chi connectivity index (χ4n) is 3.13. The van der Waals surface area contributed by atoms with Crippen molar-refractivity contribution in [3.05, 3.63) is 52.7 Å². The largest absolute Gasteiger partial charge is 0.340 e. The van der Waals surface area contributed by atoms with Gasteiger partial charge in [-0.25, -0.2) is 4.98 Å². The molecular formula is C19H24ClN3. The van der Waals surface area contributed by atoms with Crippen LogP contribution in [-0.4, -0.2) is 23.0 Å². The van der Waals surface area contributed by atoms with E-state index in [1.807, 2.05) is 30.5 Å². The number of anilines is 2. The van der Waals surface area contributed by atoms with Crippen LogP contribution in [0.4, 0.5) is 11.5 Å². The number of rotatable bonds is 5. The van der Waals surface area contributed by atoms with Gasteiger partial charge in [0.25, 0.3) is 0 Å². The molecule has 1 N–H and O–H groups in total. The third-order valence-corrected chi connectivity index (χ3v) is 4.57. The fourth-order valence-corrected chi connectivity index (χ4v) is 3.32. The maximum Gasteiger partial charge on any atom is 0.130 e. The molecule has 3 rings (SSSR count). The van der Waals surface area contributed by atoms with Crippen molar-refractivity contribution in [3.63, 3.8) is 0 Å². The number of nitrogens with zero attached hydrogens (tertiary/aromatic N) is 2. The molecule has 0 amide bonds. The molecule has 2 heterocycles. The summed E-state index contributed by atoms with van der Waals surface area (Å²) in [5, 5.41) is 4.08. The van der Waals surface area contributed by atoms with Crippen molar-refractivity contribution >= 4 is 23.1 Å². The van der Waals surface area contributed by atoms with E-state index in [0.717, 1.165) is 23.1 Å². The first kappa shape index (κ1) is 16.3. The first-order valence-electron chi connectivity index (χ1n) is 8.35. The third-order valence-electron chi connectivity index (χ3n) is 4.33. The van der Waals surface area contributed by atoms with E-state index in [2.05, 4.69) is 35.1 Å². The Morgan fingerprint density at radius 2 is 2.00 bits per heavy atom. The van der Waals surface area contributed by atoms with E-state index in [4.69, 9.17) is 11.6 Å². The van der Waals surface area contributed by atoms with Gasteiger partial charge in [-0.2, -0.15) is 0 Å². The fraction of sp³-hybridized carbons (Fsp3) is 0.421. The molecule has 0 unspecified atom stereocenters. The van der Waals surface area contributed by atoms with Gasteiger partial charge in [-0.1, -0.05) is 31.5 Å². The molecule has 0 radical (unpaired) electrons. The molecule has 1 aliphatic rings. The van der Waals surface area contributed by atoms with Crippen LogP contribution in [0.25, 0.3) is 0 Å². The minimum atomic E-state index is 0.482. The summed E-state index contributed by atoms with van der Waals surface area (Å²) in [5.74, 6) is 1.36. The van der Waals surface area contributed by atoms with Crippen LogP contribution in [0, 0.1) is 0 Å². The summed E-state index contributed by atoms with van der Waals surface area (Å²) in [6, 6.07) is 9.91. The van der Waals surface area contributed by atoms with Gasteiger partial charge >= 0.3 is 0 Å². The molecule has 0 aliphatic carbocycles. The van der Waals surface area contributed by atoms with E-state index >= 15 is 0 Å². The predicted molar refractivity (Wildman–Crippen MR) is 97.6 cm³/mol. The lowest BCUT2D eigenvalue weighted by Gasteiger charge is -2.20. The molecule has 23 heavy (non-hydrogen) atoms. The number of halogens is 1. The van der Waals surface area contributed by atoms with Crippen molar-refractivity contribution in [2.45, 2.75) is 39.2 Å². The van der Waals surface area contributed by atoms with Crippen LogP contribution in [-0.2, 0) is 6.54 Å². The van der Waals surface area contributed by atoms with Crippen molar-refractivity contribution in [2.24, 2.45) is 0 Å². The van der Waals surface area contributed by atoms with Gasteiger partial charge in [-0.3, -0.25) is 4.90 Å². The summed E-state index contributed by atoms with van der Waals surface area (Å²) in [6.07, 6.45) is 4.66. The van der Waals surface area contributed by atoms with Gasteiger partial charge in [0.15, 0.2) is 0 Å². The quantitative estimate of drug-likeness (QED) is 0.817. The maximum atomic E-state index is 6.05. The second-order valence-corrected chi connectivity index (χ2v) is 6.98. The van der Waals surface area contributed by atoms with E-state index in [-0.39, 0.29) is 0 Å². The van der Waals surface area contributed by atoms with Crippen molar-refractivity contribution in [1.29, 1.82) is 0 Å². The minimum absolute atomic E-state index is 0.482. The summed E-state index contributed by atoms with van der Waals surface area (Å²) in [6.45, 7) is 7.91. The molecule has 4 heteroatoms. The van der Waals surface area contributed by atoms with Crippen molar-refractivity contribution < 1.29 is 0 Å². The van der Waals surface area contributed by atoms with Crippen LogP contribution < -0.4 is 5.32 Å². The van der Waals surface area contributed by atoms with Gasteiger partial charge in [-0.15, -0.1) is 0 Å². The number of benzene rings is 1. The SMILES string of the molecule is CC(C)c1cc(Nc2cccc(Cl)c2)ncc1CN1CCCC1. The van der Waals surface area contributed by atoms with Gasteiger partial charge in [0.2, 0.25) is 0 Å². The Kier molecular flexibility index (Phi) is 5.19. The van der Waals surface area contributed by atoms with Crippen LogP contribution in [0.2, 0.25) is 5.02 Å². The molecule has 3 nitrogen and oxygen atoms in total. The minimum Gasteiger partial charge on any atom is -0.340 e. The number of pyridine rings is 1. The molecule has 2 aromatic rings. The van der Waals surface area contributed by atoms with Crippen molar-refractivity contribution in [2.75, 3.05) is 18.4 Å². The second kappa shape index (κ2) is 7.33. The highest BCUT2D eigenvalue weighted by Crippen LogP contribution is 2.26. The van der Waals surface area contributed by atoms with E-state index in [9.17, 15) is 0 Å². The zero-order valence-corrected chi connectivity index (χ0v) is 14.6. The van der Waals surface area contributed by atoms with E-state index in [1.54, 1.807) is 0 Å². The molecule has 0 bridgehead atoms. The average molecular weight is 330 g/mol. The summed E-state index contributed by atoms with van der Waals surface area (Å²) in [4.78, 5) is 7.13. The zero-order chi connectivity index (χ0) is 16.2. The number of nitrogens with one attached hydrogen (secondary N) is 1. The Bertz CT molecular complexity index is 663. The standard InChI is InChI=1S/C19H24ClN3/c1-14(2)18-11-19(22-17-7-5-6-16(20)10-17)21-12-15(18)13-23-8-3-4-9-23/h5-7,10-12,14H,3-4,8-9,13H2,1-2H3,(H,21,22). The summed E-state index contributed by atoms with van der Waals surface area (Å²) in [7, 11) is 0. The van der Waals surface area contributed by atoms with Crippen LogP contribution in [0.15, 0.2) is 36.5 Å². The molecule has 1 saturated heterocycles. The maximum absolute atomic E-state index is 6.05. The first-order valence-corrected chi connectivity index (χ1v) is 8.73. The van der Waals surface area contributed by atoms with Gasteiger partial charge in [-0.05, 0) is 67.2 Å².